The van der Waals surface area contributed by atoms with Crippen LogP contribution in [-0.4, -0.2) is 28.0 Å². The van der Waals surface area contributed by atoms with Crippen molar-refractivity contribution in [2.75, 3.05) is 24.6 Å². The second-order valence-corrected chi connectivity index (χ2v) is 13.1. The zero-order valence-electron chi connectivity index (χ0n) is 15.6. The summed E-state index contributed by atoms with van der Waals surface area (Å²) in [5, 5.41) is 0.306. The van der Waals surface area contributed by atoms with Gasteiger partial charge in [-0.15, -0.1) is 0 Å². The zero-order chi connectivity index (χ0) is 17.1. The molecule has 1 saturated heterocycles. The summed E-state index contributed by atoms with van der Waals surface area (Å²) in [6.07, 6.45) is 4.36. The minimum absolute atomic E-state index is 0.306. The molecule has 2 nitrogen and oxygen atoms in total. The third kappa shape index (κ3) is 4.71. The molecule has 1 heterocycles. The van der Waals surface area contributed by atoms with Crippen molar-refractivity contribution >= 4 is 20.1 Å². The average molecular weight is 332 g/mol. The predicted octanol–water partition coefficient (Wildman–Crippen LogP) is 5.57. The molecule has 0 unspecified atom stereocenters. The third-order valence-electron chi connectivity index (χ3n) is 5.59. The van der Waals surface area contributed by atoms with Crippen molar-refractivity contribution in [2.24, 2.45) is 5.92 Å². The summed E-state index contributed by atoms with van der Waals surface area (Å²) in [4.78, 5) is 2.50. The smallest absolute Gasteiger partial charge is 0.191 e. The fourth-order valence-corrected chi connectivity index (χ4v) is 3.81. The van der Waals surface area contributed by atoms with E-state index in [2.05, 4.69) is 69.6 Å². The number of anilines is 1. The molecule has 1 aliphatic heterocycles. The van der Waals surface area contributed by atoms with Gasteiger partial charge < -0.3 is 9.33 Å². The molecule has 0 amide bonds. The van der Waals surface area contributed by atoms with Gasteiger partial charge in [0.2, 0.25) is 0 Å². The van der Waals surface area contributed by atoms with Crippen LogP contribution in [0.5, 0.6) is 0 Å². The first-order chi connectivity index (χ1) is 10.7. The molecule has 0 bridgehead atoms. The van der Waals surface area contributed by atoms with Crippen LogP contribution < -0.4 is 4.90 Å². The predicted molar refractivity (Wildman–Crippen MR) is 105 cm³/mol. The summed E-state index contributed by atoms with van der Waals surface area (Å²) in [7, 11) is -1.60. The molecule has 1 aromatic rings. The van der Waals surface area contributed by atoms with E-state index in [0.29, 0.717) is 11.0 Å². The lowest BCUT2D eigenvalue weighted by atomic mass is 9.97. The van der Waals surface area contributed by atoms with E-state index in [1.165, 1.54) is 24.1 Å². The fraction of sp³-hybridized carbons (Fsp3) is 0.600. The van der Waals surface area contributed by atoms with E-state index in [4.69, 9.17) is 4.43 Å². The Bertz CT molecular complexity index is 507. The number of piperidine rings is 1. The Morgan fingerprint density at radius 2 is 1.74 bits per heavy atom. The molecule has 3 heteroatoms. The molecule has 0 atom stereocenters. The standard InChI is InChI=1S/C20H33NOSi/c1-7-17-8-10-19(11-9-17)21-14-12-18(13-15-21)16-22-23(5,6)20(2,3)4/h7-11,18H,1,12-16H2,2-6H3. The summed E-state index contributed by atoms with van der Waals surface area (Å²) in [5.41, 5.74) is 2.52. The molecule has 23 heavy (non-hydrogen) atoms. The molecule has 1 aliphatic rings. The lowest BCUT2D eigenvalue weighted by Gasteiger charge is -2.39. The molecule has 0 aromatic heterocycles. The van der Waals surface area contributed by atoms with Crippen molar-refractivity contribution in [1.29, 1.82) is 0 Å². The van der Waals surface area contributed by atoms with E-state index in [1.807, 2.05) is 6.08 Å². The Hall–Kier alpha value is -1.06. The van der Waals surface area contributed by atoms with Gasteiger partial charge in [0.15, 0.2) is 8.32 Å². The Morgan fingerprint density at radius 1 is 1.17 bits per heavy atom. The van der Waals surface area contributed by atoms with Gasteiger partial charge in [-0.2, -0.15) is 0 Å². The fourth-order valence-electron chi connectivity index (χ4n) is 2.72. The molecule has 0 radical (unpaired) electrons. The van der Waals surface area contributed by atoms with E-state index < -0.39 is 8.32 Å². The quantitative estimate of drug-likeness (QED) is 0.654. The zero-order valence-corrected chi connectivity index (χ0v) is 16.6. The number of rotatable bonds is 5. The first kappa shape index (κ1) is 18.3. The van der Waals surface area contributed by atoms with Crippen LogP contribution in [0.15, 0.2) is 30.8 Å². The second kappa shape index (κ2) is 7.23. The molecule has 0 spiro atoms. The molecule has 0 saturated carbocycles. The van der Waals surface area contributed by atoms with E-state index in [-0.39, 0.29) is 0 Å². The Kier molecular flexibility index (Phi) is 5.74. The number of nitrogens with zero attached hydrogens (tertiary/aromatic N) is 1. The summed E-state index contributed by atoms with van der Waals surface area (Å²) in [5.74, 6) is 0.716. The van der Waals surface area contributed by atoms with Crippen molar-refractivity contribution in [3.8, 4) is 0 Å². The first-order valence-electron chi connectivity index (χ1n) is 8.84. The van der Waals surface area contributed by atoms with E-state index in [1.54, 1.807) is 0 Å². The van der Waals surface area contributed by atoms with Crippen LogP contribution in [0.2, 0.25) is 18.1 Å². The maximum Gasteiger partial charge on any atom is 0.191 e. The highest BCUT2D eigenvalue weighted by molar-refractivity contribution is 6.74. The van der Waals surface area contributed by atoms with Gasteiger partial charge in [-0.25, -0.2) is 0 Å². The molecule has 0 aliphatic carbocycles. The van der Waals surface area contributed by atoms with Crippen LogP contribution in [0.25, 0.3) is 6.08 Å². The maximum absolute atomic E-state index is 6.41. The highest BCUT2D eigenvalue weighted by Crippen LogP contribution is 2.37. The second-order valence-electron chi connectivity index (χ2n) is 8.30. The highest BCUT2D eigenvalue weighted by atomic mass is 28.4. The summed E-state index contributed by atoms with van der Waals surface area (Å²) >= 11 is 0. The maximum atomic E-state index is 6.41. The van der Waals surface area contributed by atoms with Crippen molar-refractivity contribution in [2.45, 2.75) is 51.7 Å². The van der Waals surface area contributed by atoms with Gasteiger partial charge in [0, 0.05) is 25.4 Å². The highest BCUT2D eigenvalue weighted by Gasteiger charge is 2.37. The number of hydrogen-bond donors (Lipinski definition) is 0. The monoisotopic (exact) mass is 331 g/mol. The van der Waals surface area contributed by atoms with Gasteiger partial charge in [-0.3, -0.25) is 0 Å². The Morgan fingerprint density at radius 3 is 2.22 bits per heavy atom. The molecule has 1 fully saturated rings. The van der Waals surface area contributed by atoms with Crippen molar-refractivity contribution in [3.63, 3.8) is 0 Å². The molecule has 2 rings (SSSR count). The van der Waals surface area contributed by atoms with Crippen LogP contribution in [0, 0.1) is 5.92 Å². The van der Waals surface area contributed by atoms with E-state index in [0.717, 1.165) is 19.7 Å². The SMILES string of the molecule is C=Cc1ccc(N2CCC(CO[Si](C)(C)C(C)(C)C)CC2)cc1. The summed E-state index contributed by atoms with van der Waals surface area (Å²) in [6, 6.07) is 8.72. The van der Waals surface area contributed by atoms with Crippen LogP contribution in [0.1, 0.15) is 39.2 Å². The molecule has 0 N–H and O–H groups in total. The third-order valence-corrected chi connectivity index (χ3v) is 10.1. The first-order valence-corrected chi connectivity index (χ1v) is 11.8. The molecule has 1 aromatic carbocycles. The van der Waals surface area contributed by atoms with Gasteiger partial charge >= 0.3 is 0 Å². The minimum Gasteiger partial charge on any atom is -0.417 e. The average Bonchev–Trinajstić information content (AvgIpc) is 2.52. The van der Waals surface area contributed by atoms with E-state index >= 15 is 0 Å². The lowest BCUT2D eigenvalue weighted by molar-refractivity contribution is 0.205. The van der Waals surface area contributed by atoms with Crippen molar-refractivity contribution < 1.29 is 4.43 Å². The van der Waals surface area contributed by atoms with Crippen molar-refractivity contribution in [3.05, 3.63) is 36.4 Å². The van der Waals surface area contributed by atoms with Crippen LogP contribution in [0.3, 0.4) is 0 Å². The van der Waals surface area contributed by atoms with Crippen LogP contribution in [-0.2, 0) is 4.43 Å². The van der Waals surface area contributed by atoms with Crippen LogP contribution >= 0.6 is 0 Å². The largest absolute Gasteiger partial charge is 0.417 e. The van der Waals surface area contributed by atoms with Gasteiger partial charge in [0.05, 0.1) is 0 Å². The topological polar surface area (TPSA) is 12.5 Å². The lowest BCUT2D eigenvalue weighted by Crippen LogP contribution is -2.43. The Balaban J connectivity index is 1.83. The Labute approximate surface area is 143 Å². The van der Waals surface area contributed by atoms with E-state index in [9.17, 15) is 0 Å². The number of hydrogen-bond acceptors (Lipinski definition) is 2. The van der Waals surface area contributed by atoms with Crippen LogP contribution in [0.4, 0.5) is 5.69 Å². The number of benzene rings is 1. The van der Waals surface area contributed by atoms with Gasteiger partial charge in [0.25, 0.3) is 0 Å². The van der Waals surface area contributed by atoms with Gasteiger partial charge in [-0.05, 0) is 54.6 Å². The van der Waals surface area contributed by atoms with Crippen molar-refractivity contribution in [1.82, 2.24) is 0 Å². The van der Waals surface area contributed by atoms with Gasteiger partial charge in [0.1, 0.15) is 0 Å². The minimum atomic E-state index is -1.60. The summed E-state index contributed by atoms with van der Waals surface area (Å²) in [6.45, 7) is 18.7. The van der Waals surface area contributed by atoms with Gasteiger partial charge in [-0.1, -0.05) is 45.6 Å². The summed E-state index contributed by atoms with van der Waals surface area (Å²) < 4.78 is 6.41. The molecular formula is C20H33NOSi. The molecular weight excluding hydrogens is 298 g/mol. The normalized spacial score (nSPS) is 17.3. The molecule has 128 valence electrons.